The number of benzene rings is 1. The first-order valence-corrected chi connectivity index (χ1v) is 15.3. The van der Waals surface area contributed by atoms with Gasteiger partial charge in [0.1, 0.15) is 5.69 Å². The lowest BCUT2D eigenvalue weighted by atomic mass is 9.96. The van der Waals surface area contributed by atoms with Crippen LogP contribution in [0.1, 0.15) is 107 Å². The topological polar surface area (TPSA) is 41.9 Å². The first-order chi connectivity index (χ1) is 19.7. The van der Waals surface area contributed by atoms with Gasteiger partial charge in [-0.3, -0.25) is 4.68 Å². The van der Waals surface area contributed by atoms with Crippen LogP contribution < -0.4 is 10.6 Å². The second kappa shape index (κ2) is 18.3. The third-order valence-electron chi connectivity index (χ3n) is 7.24. The zero-order valence-electron chi connectivity index (χ0n) is 25.8. The van der Waals surface area contributed by atoms with E-state index in [1.54, 1.807) is 17.1 Å². The highest BCUT2D eigenvalue weighted by molar-refractivity contribution is 5.63. The average molecular weight is 567 g/mol. The third-order valence-corrected chi connectivity index (χ3v) is 7.24. The Morgan fingerprint density at radius 2 is 1.85 bits per heavy atom. The maximum absolute atomic E-state index is 14.3. The fraction of sp³-hybridized carbons (Fsp3) is 0.514. The Bertz CT molecular complexity index is 1110. The van der Waals surface area contributed by atoms with Crippen molar-refractivity contribution in [1.82, 2.24) is 20.4 Å². The molecule has 1 heterocycles. The fourth-order valence-corrected chi connectivity index (χ4v) is 4.86. The summed E-state index contributed by atoms with van der Waals surface area (Å²) in [5.74, 6) is -3.04. The molecule has 1 aliphatic carbocycles. The van der Waals surface area contributed by atoms with Crippen molar-refractivity contribution in [3.8, 4) is 0 Å². The van der Waals surface area contributed by atoms with Gasteiger partial charge in [0.25, 0.3) is 5.92 Å². The predicted molar refractivity (Wildman–Crippen MR) is 171 cm³/mol. The number of aryl methyl sites for hydroxylation is 2. The normalized spacial score (nSPS) is 17.2. The molecule has 1 unspecified atom stereocenters. The van der Waals surface area contributed by atoms with Crippen molar-refractivity contribution in [1.29, 1.82) is 0 Å². The van der Waals surface area contributed by atoms with Gasteiger partial charge >= 0.3 is 0 Å². The summed E-state index contributed by atoms with van der Waals surface area (Å²) in [5.41, 5.74) is 4.87. The molecular formula is C35H52F2N4. The van der Waals surface area contributed by atoms with Gasteiger partial charge in [-0.05, 0) is 57.2 Å². The molecule has 41 heavy (non-hydrogen) atoms. The van der Waals surface area contributed by atoms with E-state index in [-0.39, 0.29) is 11.7 Å². The van der Waals surface area contributed by atoms with E-state index in [0.29, 0.717) is 24.4 Å². The molecule has 1 aromatic heterocycles. The monoisotopic (exact) mass is 566 g/mol. The molecule has 6 heteroatoms. The van der Waals surface area contributed by atoms with E-state index in [2.05, 4.69) is 92.2 Å². The van der Waals surface area contributed by atoms with Gasteiger partial charge in [-0.1, -0.05) is 106 Å². The van der Waals surface area contributed by atoms with Crippen LogP contribution in [0.4, 0.5) is 8.78 Å². The lowest BCUT2D eigenvalue weighted by Crippen LogP contribution is -2.23. The molecule has 1 atom stereocenters. The maximum atomic E-state index is 14.3. The number of hydrogen-bond acceptors (Lipinski definition) is 3. The zero-order chi connectivity index (χ0) is 30.1. The number of aromatic nitrogens is 2. The Morgan fingerprint density at radius 1 is 1.10 bits per heavy atom. The lowest BCUT2D eigenvalue weighted by molar-refractivity contribution is 0.0117. The molecule has 1 aliphatic rings. The average Bonchev–Trinajstić information content (AvgIpc) is 3.38. The lowest BCUT2D eigenvalue weighted by Gasteiger charge is -2.17. The van der Waals surface area contributed by atoms with Crippen molar-refractivity contribution in [2.45, 2.75) is 104 Å². The first kappa shape index (κ1) is 34.1. The molecule has 0 spiro atoms. The zero-order valence-corrected chi connectivity index (χ0v) is 25.8. The third kappa shape index (κ3) is 12.5. The molecular weight excluding hydrogens is 514 g/mol. The highest BCUT2D eigenvalue weighted by Gasteiger charge is 2.33. The molecule has 0 bridgehead atoms. The minimum absolute atomic E-state index is 0.0376. The van der Waals surface area contributed by atoms with Crippen LogP contribution in [-0.2, 0) is 12.3 Å². The van der Waals surface area contributed by atoms with Crippen molar-refractivity contribution >= 4 is 5.70 Å². The summed E-state index contributed by atoms with van der Waals surface area (Å²) >= 11 is 0. The molecule has 226 valence electrons. The summed E-state index contributed by atoms with van der Waals surface area (Å²) in [7, 11) is 0. The van der Waals surface area contributed by atoms with E-state index in [4.69, 9.17) is 0 Å². The summed E-state index contributed by atoms with van der Waals surface area (Å²) < 4.78 is 30.3. The minimum Gasteiger partial charge on any atom is -0.390 e. The van der Waals surface area contributed by atoms with E-state index in [9.17, 15) is 8.78 Å². The SMILES string of the molecule is C=CNCCNC(=C)c1cn(C2/C=C\C/C=C(/CCCCCC)CC2)nc1C(C)(F)F.CCCc1ccc(C)cc1. The Hall–Kier alpha value is -3.15. The Balaban J connectivity index is 0.000000493. The predicted octanol–water partition coefficient (Wildman–Crippen LogP) is 9.41. The molecule has 0 radical (unpaired) electrons. The van der Waals surface area contributed by atoms with Gasteiger partial charge in [0.15, 0.2) is 0 Å². The maximum Gasteiger partial charge on any atom is 0.289 e. The van der Waals surface area contributed by atoms with Crippen LogP contribution in [0, 0.1) is 6.92 Å². The summed E-state index contributed by atoms with van der Waals surface area (Å²) in [6, 6.07) is 8.72. The molecule has 1 aromatic carbocycles. The number of allylic oxidation sites excluding steroid dienone is 4. The number of nitrogens with zero attached hydrogens (tertiary/aromatic N) is 2. The summed E-state index contributed by atoms with van der Waals surface area (Å²) in [5, 5.41) is 10.4. The summed E-state index contributed by atoms with van der Waals surface area (Å²) in [4.78, 5) is 0. The molecule has 4 nitrogen and oxygen atoms in total. The quantitative estimate of drug-likeness (QED) is 0.167. The van der Waals surface area contributed by atoms with Crippen molar-refractivity contribution < 1.29 is 8.78 Å². The molecule has 0 saturated carbocycles. The fourth-order valence-electron chi connectivity index (χ4n) is 4.86. The summed E-state index contributed by atoms with van der Waals surface area (Å²) in [6.07, 6.45) is 21.1. The van der Waals surface area contributed by atoms with Gasteiger partial charge in [-0.25, -0.2) is 0 Å². The second-order valence-corrected chi connectivity index (χ2v) is 11.0. The van der Waals surface area contributed by atoms with E-state index < -0.39 is 5.92 Å². The molecule has 0 fully saturated rings. The molecule has 2 N–H and O–H groups in total. The van der Waals surface area contributed by atoms with Crippen LogP contribution in [0.5, 0.6) is 0 Å². The van der Waals surface area contributed by atoms with Crippen LogP contribution in [-0.4, -0.2) is 22.9 Å². The highest BCUT2D eigenvalue weighted by Crippen LogP contribution is 2.33. The number of alkyl halides is 2. The second-order valence-electron chi connectivity index (χ2n) is 11.0. The molecule has 2 aromatic rings. The van der Waals surface area contributed by atoms with Crippen molar-refractivity contribution in [2.24, 2.45) is 0 Å². The van der Waals surface area contributed by atoms with Crippen molar-refractivity contribution in [2.75, 3.05) is 13.1 Å². The van der Waals surface area contributed by atoms with E-state index in [1.165, 1.54) is 55.2 Å². The first-order valence-electron chi connectivity index (χ1n) is 15.3. The van der Waals surface area contributed by atoms with E-state index >= 15 is 0 Å². The molecule has 0 aliphatic heterocycles. The molecule has 0 amide bonds. The molecule has 0 saturated heterocycles. The smallest absolute Gasteiger partial charge is 0.289 e. The van der Waals surface area contributed by atoms with Crippen molar-refractivity contribution in [3.63, 3.8) is 0 Å². The Kier molecular flexibility index (Phi) is 15.2. The Labute approximate surface area is 247 Å². The largest absolute Gasteiger partial charge is 0.390 e. The van der Waals surface area contributed by atoms with E-state index in [0.717, 1.165) is 32.6 Å². The minimum atomic E-state index is -3.04. The molecule has 3 rings (SSSR count). The van der Waals surface area contributed by atoms with Crippen LogP contribution >= 0.6 is 0 Å². The van der Waals surface area contributed by atoms with Gasteiger partial charge in [0.2, 0.25) is 0 Å². The van der Waals surface area contributed by atoms with E-state index in [1.807, 2.05) is 0 Å². The summed E-state index contributed by atoms with van der Waals surface area (Å²) in [6.45, 7) is 16.2. The number of unbranched alkanes of at least 4 members (excludes halogenated alkanes) is 3. The number of nitrogens with one attached hydrogen (secondary N) is 2. The van der Waals surface area contributed by atoms with Crippen molar-refractivity contribution in [3.05, 3.63) is 96.0 Å². The van der Waals surface area contributed by atoms with Crippen LogP contribution in [0.25, 0.3) is 5.70 Å². The standard InChI is InChI=1S/C25H38F2N4.C10H14/c1-5-7-8-9-12-21-13-10-11-14-22(16-15-21)31-19-23(24(30-31)25(4,26)27)20(3)29-18-17-28-6-2;1-3-4-10-7-5-9(2)6-8-10/h6,11,13-14,19,22,28-29H,2-3,5,7-10,12,15-18H2,1,4H3;5-8H,3-4H2,1-2H3/b14-11-,21-13-;. The number of rotatable bonds is 15. The van der Waals surface area contributed by atoms with Crippen LogP contribution in [0.3, 0.4) is 0 Å². The highest BCUT2D eigenvalue weighted by atomic mass is 19.3. The number of halogens is 2. The van der Waals surface area contributed by atoms with Gasteiger partial charge in [0.05, 0.1) is 6.04 Å². The van der Waals surface area contributed by atoms with Gasteiger partial charge < -0.3 is 10.6 Å². The van der Waals surface area contributed by atoms with Gasteiger partial charge in [0, 0.05) is 37.5 Å². The number of hydrogen-bond donors (Lipinski definition) is 2. The van der Waals surface area contributed by atoms with Crippen LogP contribution in [0.2, 0.25) is 0 Å². The van der Waals surface area contributed by atoms with Crippen LogP contribution in [0.15, 0.2) is 73.6 Å². The van der Waals surface area contributed by atoms with Gasteiger partial charge in [-0.2, -0.15) is 13.9 Å². The van der Waals surface area contributed by atoms with Gasteiger partial charge in [-0.15, -0.1) is 0 Å². The Morgan fingerprint density at radius 3 is 2.51 bits per heavy atom.